The minimum atomic E-state index is -3.66. The zero-order chi connectivity index (χ0) is 29.2. The molecule has 0 radical (unpaired) electrons. The van der Waals surface area contributed by atoms with Gasteiger partial charge in [-0.1, -0.05) is 26.0 Å². The third-order valence-electron chi connectivity index (χ3n) is 6.38. The van der Waals surface area contributed by atoms with Gasteiger partial charge in [-0.05, 0) is 57.2 Å². The number of hydrogen-bond donors (Lipinski definition) is 2. The van der Waals surface area contributed by atoms with Gasteiger partial charge in [-0.2, -0.15) is 19.6 Å². The lowest BCUT2D eigenvalue weighted by Crippen LogP contribution is -2.50. The summed E-state index contributed by atoms with van der Waals surface area (Å²) in [6, 6.07) is 6.93. The molecular formula is C27H37N7O5S. The molecule has 216 valence electrons. The van der Waals surface area contributed by atoms with Crippen molar-refractivity contribution in [2.75, 3.05) is 24.7 Å². The van der Waals surface area contributed by atoms with Gasteiger partial charge in [-0.25, -0.2) is 13.2 Å². The molecule has 0 unspecified atom stereocenters. The van der Waals surface area contributed by atoms with Crippen LogP contribution >= 0.6 is 0 Å². The smallest absolute Gasteiger partial charge is 0.410 e. The number of carbonyl (C=O) groups is 2. The Morgan fingerprint density at radius 3 is 2.62 bits per heavy atom. The van der Waals surface area contributed by atoms with E-state index < -0.39 is 15.4 Å². The monoisotopic (exact) mass is 571 g/mol. The number of hydrogen-bond acceptors (Lipinski definition) is 9. The van der Waals surface area contributed by atoms with E-state index in [9.17, 15) is 18.0 Å². The Balaban J connectivity index is 1.46. The van der Waals surface area contributed by atoms with E-state index >= 15 is 0 Å². The number of nitrogens with one attached hydrogen (secondary N) is 2. The summed E-state index contributed by atoms with van der Waals surface area (Å²) in [5, 5.41) is 10.3. The van der Waals surface area contributed by atoms with Crippen molar-refractivity contribution in [2.24, 2.45) is 0 Å². The van der Waals surface area contributed by atoms with Gasteiger partial charge >= 0.3 is 6.09 Å². The summed E-state index contributed by atoms with van der Waals surface area (Å²) >= 11 is 0. The fraction of sp³-hybridized carbons (Fsp3) is 0.519. The summed E-state index contributed by atoms with van der Waals surface area (Å²) in [7, 11) is -3.66. The van der Waals surface area contributed by atoms with E-state index in [4.69, 9.17) is 4.74 Å². The molecule has 1 atom stereocenters. The van der Waals surface area contributed by atoms with E-state index in [0.29, 0.717) is 24.3 Å². The Kier molecular flexibility index (Phi) is 8.33. The van der Waals surface area contributed by atoms with Crippen LogP contribution < -0.4 is 10.6 Å². The summed E-state index contributed by atoms with van der Waals surface area (Å²) in [6.07, 6.45) is 3.88. The molecule has 40 heavy (non-hydrogen) atoms. The molecule has 0 aliphatic carbocycles. The molecule has 1 fully saturated rings. The zero-order valence-corrected chi connectivity index (χ0v) is 24.6. The van der Waals surface area contributed by atoms with E-state index in [1.54, 1.807) is 29.3 Å². The number of amides is 2. The predicted molar refractivity (Wildman–Crippen MR) is 150 cm³/mol. The van der Waals surface area contributed by atoms with Crippen LogP contribution in [0.25, 0.3) is 5.65 Å². The number of benzene rings is 1. The molecule has 1 aliphatic rings. The minimum Gasteiger partial charge on any atom is -0.444 e. The topological polar surface area (TPSA) is 148 Å². The second-order valence-electron chi connectivity index (χ2n) is 11.4. The van der Waals surface area contributed by atoms with E-state index in [-0.39, 0.29) is 41.6 Å². The van der Waals surface area contributed by atoms with E-state index in [2.05, 4.69) is 25.7 Å². The number of anilines is 1. The highest BCUT2D eigenvalue weighted by Crippen LogP contribution is 2.22. The third-order valence-corrected chi connectivity index (χ3v) is 7.22. The first-order chi connectivity index (χ1) is 18.7. The molecule has 2 N–H and O–H groups in total. The molecule has 1 aliphatic heterocycles. The second-order valence-corrected chi connectivity index (χ2v) is 13.3. The highest BCUT2D eigenvalue weighted by Gasteiger charge is 2.28. The Bertz CT molecular complexity index is 1510. The van der Waals surface area contributed by atoms with E-state index in [0.717, 1.165) is 30.2 Å². The highest BCUT2D eigenvalue weighted by molar-refractivity contribution is 7.90. The van der Waals surface area contributed by atoms with Crippen LogP contribution in [-0.4, -0.2) is 75.9 Å². The molecule has 1 aromatic carbocycles. The molecule has 13 heteroatoms. The van der Waals surface area contributed by atoms with Crippen LogP contribution in [0.2, 0.25) is 0 Å². The van der Waals surface area contributed by atoms with Crippen molar-refractivity contribution in [1.82, 2.24) is 29.8 Å². The van der Waals surface area contributed by atoms with Crippen LogP contribution in [0.4, 0.5) is 10.7 Å². The lowest BCUT2D eigenvalue weighted by molar-refractivity contribution is 0.0185. The molecule has 1 saturated heterocycles. The van der Waals surface area contributed by atoms with Crippen LogP contribution in [-0.2, 0) is 21.1 Å². The van der Waals surface area contributed by atoms with Gasteiger partial charge in [0.15, 0.2) is 5.65 Å². The molecular weight excluding hydrogens is 534 g/mol. The number of aromatic nitrogens is 4. The van der Waals surface area contributed by atoms with Crippen molar-refractivity contribution in [1.29, 1.82) is 0 Å². The first kappa shape index (κ1) is 29.2. The molecule has 0 spiro atoms. The van der Waals surface area contributed by atoms with Gasteiger partial charge in [0.2, 0.25) is 15.8 Å². The highest BCUT2D eigenvalue weighted by atomic mass is 32.2. The van der Waals surface area contributed by atoms with Gasteiger partial charge in [-0.15, -0.1) is 0 Å². The van der Waals surface area contributed by atoms with Crippen molar-refractivity contribution < 1.29 is 22.7 Å². The van der Waals surface area contributed by atoms with Gasteiger partial charge in [0.1, 0.15) is 5.60 Å². The Labute approximate surface area is 234 Å². The number of piperidine rings is 1. The Morgan fingerprint density at radius 2 is 1.95 bits per heavy atom. The number of ether oxygens (including phenoxy) is 1. The number of rotatable bonds is 7. The fourth-order valence-corrected chi connectivity index (χ4v) is 4.93. The lowest BCUT2D eigenvalue weighted by atomic mass is 10.0. The summed E-state index contributed by atoms with van der Waals surface area (Å²) in [5.41, 5.74) is 1.91. The van der Waals surface area contributed by atoms with Crippen LogP contribution in [0.15, 0.2) is 35.6 Å². The Hall–Kier alpha value is -3.74. The SMILES string of the molecule is CC(C)c1cnn2c(NCc3cccc(C(=O)N[C@H]4CCCN(C(=O)OC(C)(C)C)C4)c3)nc(S(C)(=O)=O)nc12. The second kappa shape index (κ2) is 11.4. The largest absolute Gasteiger partial charge is 0.444 e. The summed E-state index contributed by atoms with van der Waals surface area (Å²) in [6.45, 7) is 10.7. The first-order valence-corrected chi connectivity index (χ1v) is 15.2. The number of likely N-dealkylation sites (tertiary alicyclic amines) is 1. The Morgan fingerprint density at radius 1 is 1.20 bits per heavy atom. The number of fused-ring (bicyclic) bond motifs is 1. The molecule has 2 aromatic heterocycles. The van der Waals surface area contributed by atoms with E-state index in [1.165, 1.54) is 4.52 Å². The maximum Gasteiger partial charge on any atom is 0.410 e. The molecule has 3 aromatic rings. The van der Waals surface area contributed by atoms with Crippen molar-refractivity contribution in [3.63, 3.8) is 0 Å². The molecule has 0 saturated carbocycles. The maximum absolute atomic E-state index is 13.1. The number of carbonyl (C=O) groups excluding carboxylic acids is 2. The van der Waals surface area contributed by atoms with Gasteiger partial charge in [-0.3, -0.25) is 4.79 Å². The molecule has 4 rings (SSSR count). The number of nitrogens with zero attached hydrogens (tertiary/aromatic N) is 5. The predicted octanol–water partition coefficient (Wildman–Crippen LogP) is 3.39. The standard InChI is InChI=1S/C27H37N7O5S/c1-17(2)21-15-29-34-22(21)31-25(40(6,37)38)32-24(34)28-14-18-9-7-10-19(13-18)23(35)30-20-11-8-12-33(16-20)26(36)39-27(3,4)5/h7,9-10,13,15,17,20H,8,11-12,14,16H2,1-6H3,(H,30,35)(H,28,31,32)/t20-/m0/s1. The summed E-state index contributed by atoms with van der Waals surface area (Å²) in [4.78, 5) is 35.6. The summed E-state index contributed by atoms with van der Waals surface area (Å²) < 4.78 is 31.5. The molecule has 12 nitrogen and oxygen atoms in total. The van der Waals surface area contributed by atoms with Crippen LogP contribution in [0.3, 0.4) is 0 Å². The third kappa shape index (κ3) is 7.06. The average molecular weight is 572 g/mol. The first-order valence-electron chi connectivity index (χ1n) is 13.3. The minimum absolute atomic E-state index is 0.0863. The van der Waals surface area contributed by atoms with Crippen LogP contribution in [0, 0.1) is 0 Å². The van der Waals surface area contributed by atoms with Gasteiger partial charge in [0.25, 0.3) is 11.1 Å². The van der Waals surface area contributed by atoms with Crippen LogP contribution in [0.5, 0.6) is 0 Å². The van der Waals surface area contributed by atoms with Crippen molar-refractivity contribution in [3.8, 4) is 0 Å². The summed E-state index contributed by atoms with van der Waals surface area (Å²) in [5.74, 6) is 0.0789. The van der Waals surface area contributed by atoms with Crippen molar-refractivity contribution in [3.05, 3.63) is 47.2 Å². The molecule has 2 amide bonds. The quantitative estimate of drug-likeness (QED) is 0.435. The molecule has 3 heterocycles. The number of sulfone groups is 1. The normalized spacial score (nSPS) is 16.3. The van der Waals surface area contributed by atoms with Crippen molar-refractivity contribution >= 4 is 33.4 Å². The maximum atomic E-state index is 13.1. The average Bonchev–Trinajstić information content (AvgIpc) is 3.31. The molecule has 0 bridgehead atoms. The van der Waals surface area contributed by atoms with Gasteiger partial charge in [0.05, 0.1) is 6.20 Å². The van der Waals surface area contributed by atoms with Gasteiger partial charge in [0, 0.05) is 43.1 Å². The van der Waals surface area contributed by atoms with Gasteiger partial charge < -0.3 is 20.3 Å². The van der Waals surface area contributed by atoms with Crippen LogP contribution in [0.1, 0.15) is 74.9 Å². The fourth-order valence-electron chi connectivity index (χ4n) is 4.42. The van der Waals surface area contributed by atoms with Crippen molar-refractivity contribution in [2.45, 2.75) is 76.7 Å². The van der Waals surface area contributed by atoms with E-state index in [1.807, 2.05) is 40.7 Å². The lowest BCUT2D eigenvalue weighted by Gasteiger charge is -2.34. The zero-order valence-electron chi connectivity index (χ0n) is 23.8.